The maximum atomic E-state index is 11.7. The molecule has 0 aromatic rings. The second-order valence-electron chi connectivity index (χ2n) is 4.67. The van der Waals surface area contributed by atoms with Gasteiger partial charge < -0.3 is 15.5 Å². The number of nitrogens with one attached hydrogen (secondary N) is 2. The van der Waals surface area contributed by atoms with Crippen LogP contribution in [0.4, 0.5) is 0 Å². The molecule has 0 bridgehead atoms. The molecule has 0 aliphatic carbocycles. The third-order valence-electron chi connectivity index (χ3n) is 3.47. The van der Waals surface area contributed by atoms with Gasteiger partial charge in [-0.05, 0) is 51.9 Å². The van der Waals surface area contributed by atoms with Crippen molar-refractivity contribution in [3.63, 3.8) is 0 Å². The molecule has 0 unspecified atom stereocenters. The molecule has 1 saturated heterocycles. The van der Waals surface area contributed by atoms with Gasteiger partial charge >= 0.3 is 0 Å². The minimum atomic E-state index is 0.0674. The highest BCUT2D eigenvalue weighted by Gasteiger charge is 2.20. The molecule has 0 saturated carbocycles. The lowest BCUT2D eigenvalue weighted by molar-refractivity contribution is -0.122. The Labute approximate surface area is 105 Å². The standard InChI is InChI=1S/C13H27N3O/c1-3-16(4-2)11-6-5-9-15-13(17)12-8-7-10-14-12/h12,14H,3-11H2,1-2H3,(H,15,17)/t12-/m0/s1. The van der Waals surface area contributed by atoms with Gasteiger partial charge in [0.25, 0.3) is 0 Å². The van der Waals surface area contributed by atoms with Crippen LogP contribution in [0, 0.1) is 0 Å². The zero-order valence-electron chi connectivity index (χ0n) is 11.3. The van der Waals surface area contributed by atoms with Gasteiger partial charge in [-0.2, -0.15) is 0 Å². The third-order valence-corrected chi connectivity index (χ3v) is 3.47. The van der Waals surface area contributed by atoms with Crippen molar-refractivity contribution in [1.82, 2.24) is 15.5 Å². The molecule has 100 valence electrons. The summed E-state index contributed by atoms with van der Waals surface area (Å²) < 4.78 is 0. The highest BCUT2D eigenvalue weighted by molar-refractivity contribution is 5.81. The van der Waals surface area contributed by atoms with E-state index in [0.29, 0.717) is 0 Å². The smallest absolute Gasteiger partial charge is 0.237 e. The fourth-order valence-electron chi connectivity index (χ4n) is 2.24. The highest BCUT2D eigenvalue weighted by atomic mass is 16.2. The average molecular weight is 241 g/mol. The van der Waals surface area contributed by atoms with Crippen molar-refractivity contribution in [2.75, 3.05) is 32.7 Å². The van der Waals surface area contributed by atoms with Crippen LogP contribution in [-0.2, 0) is 4.79 Å². The summed E-state index contributed by atoms with van der Waals surface area (Å²) in [6, 6.07) is 0.0674. The molecule has 2 N–H and O–H groups in total. The van der Waals surface area contributed by atoms with Crippen LogP contribution in [0.15, 0.2) is 0 Å². The first-order valence-electron chi connectivity index (χ1n) is 7.01. The molecule has 4 heteroatoms. The summed E-state index contributed by atoms with van der Waals surface area (Å²) in [5, 5.41) is 6.23. The summed E-state index contributed by atoms with van der Waals surface area (Å²) in [5.74, 6) is 0.185. The Morgan fingerprint density at radius 3 is 2.71 bits per heavy atom. The van der Waals surface area contributed by atoms with Crippen LogP contribution < -0.4 is 10.6 Å². The van der Waals surface area contributed by atoms with E-state index in [9.17, 15) is 4.79 Å². The maximum absolute atomic E-state index is 11.7. The van der Waals surface area contributed by atoms with E-state index in [2.05, 4.69) is 29.4 Å². The van der Waals surface area contributed by atoms with Crippen molar-refractivity contribution >= 4 is 5.91 Å². The summed E-state index contributed by atoms with van der Waals surface area (Å²) in [6.07, 6.45) is 4.36. The summed E-state index contributed by atoms with van der Waals surface area (Å²) >= 11 is 0. The van der Waals surface area contributed by atoms with E-state index < -0.39 is 0 Å². The molecule has 4 nitrogen and oxygen atoms in total. The zero-order valence-corrected chi connectivity index (χ0v) is 11.3. The van der Waals surface area contributed by atoms with Crippen LogP contribution in [0.25, 0.3) is 0 Å². The van der Waals surface area contributed by atoms with E-state index in [-0.39, 0.29) is 11.9 Å². The van der Waals surface area contributed by atoms with Crippen molar-refractivity contribution in [3.05, 3.63) is 0 Å². The van der Waals surface area contributed by atoms with Crippen molar-refractivity contribution in [2.45, 2.75) is 45.6 Å². The number of carbonyl (C=O) groups excluding carboxylic acids is 1. The van der Waals surface area contributed by atoms with Crippen molar-refractivity contribution in [3.8, 4) is 0 Å². The normalized spacial score (nSPS) is 19.8. The molecule has 1 aliphatic heterocycles. The van der Waals surface area contributed by atoms with E-state index in [1.807, 2.05) is 0 Å². The quantitative estimate of drug-likeness (QED) is 0.623. The summed E-state index contributed by atoms with van der Waals surface area (Å²) in [5.41, 5.74) is 0. The number of hydrogen-bond acceptors (Lipinski definition) is 3. The van der Waals surface area contributed by atoms with Crippen molar-refractivity contribution < 1.29 is 4.79 Å². The van der Waals surface area contributed by atoms with Crippen molar-refractivity contribution in [1.29, 1.82) is 0 Å². The molecule has 0 aromatic heterocycles. The molecule has 0 spiro atoms. The van der Waals surface area contributed by atoms with Crippen LogP contribution in [0.1, 0.15) is 39.5 Å². The van der Waals surface area contributed by atoms with E-state index in [1.165, 1.54) is 6.42 Å². The second kappa shape index (κ2) is 8.48. The lowest BCUT2D eigenvalue weighted by atomic mass is 10.2. The monoisotopic (exact) mass is 241 g/mol. The topological polar surface area (TPSA) is 44.4 Å². The first-order chi connectivity index (χ1) is 8.27. The molecule has 1 atom stereocenters. The van der Waals surface area contributed by atoms with E-state index in [0.717, 1.165) is 52.0 Å². The minimum absolute atomic E-state index is 0.0674. The highest BCUT2D eigenvalue weighted by Crippen LogP contribution is 2.04. The lowest BCUT2D eigenvalue weighted by Gasteiger charge is -2.17. The van der Waals surface area contributed by atoms with E-state index >= 15 is 0 Å². The zero-order chi connectivity index (χ0) is 12.5. The van der Waals surface area contributed by atoms with Gasteiger partial charge in [-0.25, -0.2) is 0 Å². The molecule has 0 aromatic carbocycles. The van der Waals surface area contributed by atoms with Crippen LogP contribution in [0.5, 0.6) is 0 Å². The van der Waals surface area contributed by atoms with Crippen molar-refractivity contribution in [2.24, 2.45) is 0 Å². The Hall–Kier alpha value is -0.610. The lowest BCUT2D eigenvalue weighted by Crippen LogP contribution is -2.40. The molecule has 17 heavy (non-hydrogen) atoms. The van der Waals surface area contributed by atoms with Crippen LogP contribution in [-0.4, -0.2) is 49.6 Å². The van der Waals surface area contributed by atoms with Gasteiger partial charge in [0.05, 0.1) is 6.04 Å². The van der Waals surface area contributed by atoms with Gasteiger partial charge in [0.15, 0.2) is 0 Å². The van der Waals surface area contributed by atoms with Gasteiger partial charge in [-0.1, -0.05) is 13.8 Å². The first-order valence-corrected chi connectivity index (χ1v) is 7.01. The Morgan fingerprint density at radius 2 is 2.12 bits per heavy atom. The van der Waals surface area contributed by atoms with E-state index in [4.69, 9.17) is 0 Å². The fourth-order valence-corrected chi connectivity index (χ4v) is 2.24. The van der Waals surface area contributed by atoms with Gasteiger partial charge in [0.2, 0.25) is 5.91 Å². The van der Waals surface area contributed by atoms with Gasteiger partial charge in [0, 0.05) is 6.54 Å². The van der Waals surface area contributed by atoms with Gasteiger partial charge in [0.1, 0.15) is 0 Å². The molecule has 1 fully saturated rings. The number of nitrogens with zero attached hydrogens (tertiary/aromatic N) is 1. The summed E-state index contributed by atoms with van der Waals surface area (Å²) in [6.45, 7) is 9.57. The predicted molar refractivity (Wildman–Crippen MR) is 71.1 cm³/mol. The van der Waals surface area contributed by atoms with Crippen LogP contribution in [0.3, 0.4) is 0 Å². The minimum Gasteiger partial charge on any atom is -0.355 e. The third kappa shape index (κ3) is 5.50. The maximum Gasteiger partial charge on any atom is 0.237 e. The Kier molecular flexibility index (Phi) is 7.21. The first kappa shape index (κ1) is 14.5. The number of rotatable bonds is 8. The summed E-state index contributed by atoms with van der Waals surface area (Å²) in [4.78, 5) is 14.1. The van der Waals surface area contributed by atoms with Gasteiger partial charge in [-0.3, -0.25) is 4.79 Å². The Balaban J connectivity index is 1.98. The largest absolute Gasteiger partial charge is 0.355 e. The number of carbonyl (C=O) groups is 1. The number of amides is 1. The molecular formula is C13H27N3O. The average Bonchev–Trinajstić information content (AvgIpc) is 2.87. The molecule has 1 amide bonds. The Bertz CT molecular complexity index is 211. The van der Waals surface area contributed by atoms with E-state index in [1.54, 1.807) is 0 Å². The number of hydrogen-bond donors (Lipinski definition) is 2. The van der Waals surface area contributed by atoms with Crippen LogP contribution >= 0.6 is 0 Å². The Morgan fingerprint density at radius 1 is 1.35 bits per heavy atom. The molecule has 1 rings (SSSR count). The van der Waals surface area contributed by atoms with Crippen LogP contribution in [0.2, 0.25) is 0 Å². The molecule has 1 heterocycles. The van der Waals surface area contributed by atoms with Gasteiger partial charge in [-0.15, -0.1) is 0 Å². The predicted octanol–water partition coefficient (Wildman–Crippen LogP) is 0.977. The SMILES string of the molecule is CCN(CC)CCCCNC(=O)[C@@H]1CCCN1. The number of unbranched alkanes of at least 4 members (excludes halogenated alkanes) is 1. The fraction of sp³-hybridized carbons (Fsp3) is 0.923. The summed E-state index contributed by atoms with van der Waals surface area (Å²) in [7, 11) is 0. The molecule has 1 aliphatic rings. The molecule has 0 radical (unpaired) electrons. The molecular weight excluding hydrogens is 214 g/mol. The second-order valence-corrected chi connectivity index (χ2v) is 4.67.